The lowest BCUT2D eigenvalue weighted by Gasteiger charge is -2.52. The molecule has 3 nitrogen and oxygen atoms in total. The summed E-state index contributed by atoms with van der Waals surface area (Å²) in [7, 11) is 0. The summed E-state index contributed by atoms with van der Waals surface area (Å²) in [5.41, 5.74) is 1.39. The number of rotatable bonds is 4. The second-order valence-corrected chi connectivity index (χ2v) is 8.19. The van der Waals surface area contributed by atoms with E-state index in [2.05, 4.69) is 42.2 Å². The first-order chi connectivity index (χ1) is 11.5. The van der Waals surface area contributed by atoms with Crippen LogP contribution < -0.4 is 0 Å². The molecule has 2 aliphatic heterocycles. The van der Waals surface area contributed by atoms with Crippen LogP contribution in [0.15, 0.2) is 30.3 Å². The van der Waals surface area contributed by atoms with Gasteiger partial charge in [-0.05, 0) is 31.9 Å². The number of alkyl halides is 1. The summed E-state index contributed by atoms with van der Waals surface area (Å²) in [5, 5.41) is 0. The lowest BCUT2D eigenvalue weighted by molar-refractivity contribution is -0.949. The van der Waals surface area contributed by atoms with Gasteiger partial charge in [0, 0.05) is 13.1 Å². The summed E-state index contributed by atoms with van der Waals surface area (Å²) in [6.45, 7) is 10.6. The van der Waals surface area contributed by atoms with E-state index in [1.54, 1.807) is 0 Å². The number of Topliss-reactive ketones (excluding diaryl/α,β-unsaturated/α-hetero) is 1. The highest BCUT2D eigenvalue weighted by molar-refractivity contribution is 6.21. The zero-order valence-electron chi connectivity index (χ0n) is 15.0. The number of halogens is 1. The second-order valence-electron chi connectivity index (χ2n) is 7.74. The van der Waals surface area contributed by atoms with Gasteiger partial charge in [-0.15, -0.1) is 0 Å². The van der Waals surface area contributed by atoms with Gasteiger partial charge >= 0.3 is 0 Å². The van der Waals surface area contributed by atoms with Gasteiger partial charge in [0.05, 0.1) is 31.5 Å². The normalized spacial score (nSPS) is 30.6. The van der Waals surface area contributed by atoms with Gasteiger partial charge in [-0.1, -0.05) is 48.9 Å². The van der Waals surface area contributed by atoms with Crippen molar-refractivity contribution >= 4 is 17.4 Å². The molecule has 0 bridgehead atoms. The second kappa shape index (κ2) is 7.55. The van der Waals surface area contributed by atoms with Gasteiger partial charge in [0.25, 0.3) is 0 Å². The quantitative estimate of drug-likeness (QED) is 0.473. The van der Waals surface area contributed by atoms with E-state index in [1.165, 1.54) is 12.0 Å². The number of hydrogen-bond acceptors (Lipinski definition) is 2. The Bertz CT molecular complexity index is 554. The van der Waals surface area contributed by atoms with Crippen molar-refractivity contribution in [3.8, 4) is 0 Å². The van der Waals surface area contributed by atoms with Crippen molar-refractivity contribution in [2.75, 3.05) is 39.3 Å². The minimum Gasteiger partial charge on any atom is -0.305 e. The Morgan fingerprint density at radius 1 is 1.17 bits per heavy atom. The Hall–Kier alpha value is -0.900. The van der Waals surface area contributed by atoms with Crippen LogP contribution in [0.1, 0.15) is 25.8 Å². The van der Waals surface area contributed by atoms with Gasteiger partial charge in [0.2, 0.25) is 0 Å². The highest BCUT2D eigenvalue weighted by Gasteiger charge is 2.50. The van der Waals surface area contributed by atoms with Crippen LogP contribution in [0.25, 0.3) is 0 Å². The molecule has 132 valence electrons. The first-order valence-electron chi connectivity index (χ1n) is 9.32. The Labute approximate surface area is 151 Å². The summed E-state index contributed by atoms with van der Waals surface area (Å²) in [5.74, 6) is 0.490. The predicted octanol–water partition coefficient (Wildman–Crippen LogP) is 3.17. The molecule has 0 N–H and O–H groups in total. The molecule has 0 aromatic heterocycles. The van der Waals surface area contributed by atoms with Gasteiger partial charge < -0.3 is 4.48 Å². The van der Waals surface area contributed by atoms with E-state index in [0.29, 0.717) is 5.78 Å². The molecule has 24 heavy (non-hydrogen) atoms. The van der Waals surface area contributed by atoms with Crippen LogP contribution in [-0.4, -0.2) is 59.9 Å². The van der Waals surface area contributed by atoms with E-state index >= 15 is 0 Å². The summed E-state index contributed by atoms with van der Waals surface area (Å²) in [6.07, 6.45) is 2.36. The molecular formula is C20H30ClN2O+. The molecule has 3 atom stereocenters. The van der Waals surface area contributed by atoms with Gasteiger partial charge in [-0.2, -0.15) is 0 Å². The standard InChI is InChI=1S/C20H30ClN2O/c1-16-15-23(20(21)17(2)19(16)24)13-11-22(12-14-23)10-6-9-18-7-4-3-5-8-18/h3-5,7-8,16-17,20H,6,9-15H2,1-2H3/q+1. The first-order valence-corrected chi connectivity index (χ1v) is 9.75. The zero-order chi connectivity index (χ0) is 17.2. The van der Waals surface area contributed by atoms with Crippen molar-refractivity contribution < 1.29 is 9.28 Å². The zero-order valence-corrected chi connectivity index (χ0v) is 15.7. The van der Waals surface area contributed by atoms with Crippen molar-refractivity contribution in [1.82, 2.24) is 4.90 Å². The Morgan fingerprint density at radius 2 is 1.83 bits per heavy atom. The molecule has 2 heterocycles. The molecule has 2 fully saturated rings. The van der Waals surface area contributed by atoms with Crippen molar-refractivity contribution in [3.63, 3.8) is 0 Å². The first kappa shape index (κ1) is 17.9. The van der Waals surface area contributed by atoms with Crippen LogP contribution in [-0.2, 0) is 11.2 Å². The molecule has 4 heteroatoms. The summed E-state index contributed by atoms with van der Waals surface area (Å²) >= 11 is 6.73. The number of nitrogens with zero attached hydrogens (tertiary/aromatic N) is 2. The van der Waals surface area contributed by atoms with E-state index in [4.69, 9.17) is 11.6 Å². The molecule has 0 radical (unpaired) electrons. The van der Waals surface area contributed by atoms with E-state index in [9.17, 15) is 4.79 Å². The van der Waals surface area contributed by atoms with E-state index < -0.39 is 0 Å². The Balaban J connectivity index is 1.49. The average Bonchev–Trinajstić information content (AvgIpc) is 2.61. The number of piperazine rings is 1. The molecule has 0 amide bonds. The number of aryl methyl sites for hydroxylation is 1. The lowest BCUT2D eigenvalue weighted by Crippen LogP contribution is -2.69. The highest BCUT2D eigenvalue weighted by atomic mass is 35.5. The Kier molecular flexibility index (Phi) is 5.63. The largest absolute Gasteiger partial charge is 0.305 e. The van der Waals surface area contributed by atoms with Gasteiger partial charge in [-0.25, -0.2) is 0 Å². The van der Waals surface area contributed by atoms with Crippen molar-refractivity contribution in [2.45, 2.75) is 32.2 Å². The smallest absolute Gasteiger partial charge is 0.174 e. The van der Waals surface area contributed by atoms with Gasteiger partial charge in [0.1, 0.15) is 0 Å². The molecule has 2 aliphatic rings. The van der Waals surface area contributed by atoms with Crippen LogP contribution in [0, 0.1) is 11.8 Å². The van der Waals surface area contributed by atoms with Gasteiger partial charge in [-0.3, -0.25) is 9.69 Å². The van der Waals surface area contributed by atoms with E-state index in [-0.39, 0.29) is 17.3 Å². The van der Waals surface area contributed by atoms with Crippen molar-refractivity contribution in [3.05, 3.63) is 35.9 Å². The third-order valence-electron chi connectivity index (χ3n) is 6.01. The monoisotopic (exact) mass is 349 g/mol. The minimum atomic E-state index is -0.0415. The van der Waals surface area contributed by atoms with Crippen molar-refractivity contribution in [1.29, 1.82) is 0 Å². The van der Waals surface area contributed by atoms with Crippen LogP contribution in [0.2, 0.25) is 0 Å². The Morgan fingerprint density at radius 3 is 2.50 bits per heavy atom. The third-order valence-corrected chi connectivity index (χ3v) is 6.81. The molecule has 3 unspecified atom stereocenters. The molecule has 1 aromatic carbocycles. The predicted molar refractivity (Wildman–Crippen MR) is 99.0 cm³/mol. The average molecular weight is 350 g/mol. The molecule has 1 aromatic rings. The number of carbonyl (C=O) groups is 1. The molecule has 1 spiro atoms. The lowest BCUT2D eigenvalue weighted by atomic mass is 9.87. The van der Waals surface area contributed by atoms with Gasteiger partial charge in [0.15, 0.2) is 11.3 Å². The van der Waals surface area contributed by atoms with Crippen LogP contribution in [0.4, 0.5) is 0 Å². The number of benzene rings is 1. The topological polar surface area (TPSA) is 20.3 Å². The van der Waals surface area contributed by atoms with Crippen LogP contribution >= 0.6 is 11.6 Å². The maximum absolute atomic E-state index is 12.2. The highest BCUT2D eigenvalue weighted by Crippen LogP contribution is 2.35. The molecular weight excluding hydrogens is 320 g/mol. The maximum atomic E-state index is 12.2. The fraction of sp³-hybridized carbons (Fsp3) is 0.650. The minimum absolute atomic E-state index is 0.0138. The molecule has 2 saturated heterocycles. The number of ketones is 1. The number of carbonyl (C=O) groups excluding carboxylic acids is 1. The van der Waals surface area contributed by atoms with E-state index in [0.717, 1.165) is 50.2 Å². The molecule has 0 saturated carbocycles. The number of piperidine rings is 1. The molecule has 0 aliphatic carbocycles. The summed E-state index contributed by atoms with van der Waals surface area (Å²) < 4.78 is 0.935. The fourth-order valence-corrected chi connectivity index (χ4v) is 4.90. The number of quaternary nitrogens is 1. The van der Waals surface area contributed by atoms with Crippen LogP contribution in [0.5, 0.6) is 0 Å². The van der Waals surface area contributed by atoms with Crippen molar-refractivity contribution in [2.24, 2.45) is 11.8 Å². The SMILES string of the molecule is CC1C[N+]2(CCN(CCCc3ccccc3)CC2)C(Cl)C(C)C1=O. The molecule has 3 rings (SSSR count). The van der Waals surface area contributed by atoms with Crippen LogP contribution in [0.3, 0.4) is 0 Å². The fourth-order valence-electron chi connectivity index (χ4n) is 4.50. The summed E-state index contributed by atoms with van der Waals surface area (Å²) in [6, 6.07) is 10.7. The number of hydrogen-bond donors (Lipinski definition) is 0. The third kappa shape index (κ3) is 3.68. The van der Waals surface area contributed by atoms with E-state index in [1.807, 2.05) is 6.92 Å². The maximum Gasteiger partial charge on any atom is 0.174 e. The summed E-state index contributed by atoms with van der Waals surface area (Å²) in [4.78, 5) is 14.8.